The Morgan fingerprint density at radius 3 is 2.47 bits per heavy atom. The predicted molar refractivity (Wildman–Crippen MR) is 71.0 cm³/mol. The summed E-state index contributed by atoms with van der Waals surface area (Å²) >= 11 is 0. The summed E-state index contributed by atoms with van der Waals surface area (Å²) in [5.41, 5.74) is 0.439. The van der Waals surface area contributed by atoms with E-state index in [4.69, 9.17) is 0 Å². The largest absolute Gasteiger partial charge is 0.393 e. The van der Waals surface area contributed by atoms with E-state index in [-0.39, 0.29) is 6.10 Å². The van der Waals surface area contributed by atoms with Gasteiger partial charge in [0.1, 0.15) is 0 Å². The molecule has 2 rings (SSSR count). The van der Waals surface area contributed by atoms with Crippen LogP contribution in [0.1, 0.15) is 39.5 Å². The molecule has 0 aromatic heterocycles. The lowest BCUT2D eigenvalue weighted by molar-refractivity contribution is 0.0708. The SMILES string of the molecule is CNC1C(CN2CCC(O)CC2)CCC1(C)C. The van der Waals surface area contributed by atoms with Gasteiger partial charge in [0.15, 0.2) is 0 Å². The summed E-state index contributed by atoms with van der Waals surface area (Å²) in [5, 5.41) is 13.1. The molecule has 17 heavy (non-hydrogen) atoms. The highest BCUT2D eigenvalue weighted by Crippen LogP contribution is 2.41. The number of hydrogen-bond acceptors (Lipinski definition) is 3. The van der Waals surface area contributed by atoms with Crippen molar-refractivity contribution in [1.82, 2.24) is 10.2 Å². The Morgan fingerprint density at radius 1 is 1.24 bits per heavy atom. The van der Waals surface area contributed by atoms with Gasteiger partial charge in [-0.2, -0.15) is 0 Å². The third-order valence-corrected chi connectivity index (χ3v) is 4.83. The van der Waals surface area contributed by atoms with Gasteiger partial charge in [0.05, 0.1) is 6.10 Å². The van der Waals surface area contributed by atoms with E-state index in [9.17, 15) is 5.11 Å². The molecule has 0 spiro atoms. The van der Waals surface area contributed by atoms with E-state index in [2.05, 4.69) is 31.1 Å². The lowest BCUT2D eigenvalue weighted by Crippen LogP contribution is -2.46. The standard InChI is InChI=1S/C14H28N2O/c1-14(2)7-4-11(13(14)15-3)10-16-8-5-12(17)6-9-16/h11-13,15,17H,4-10H2,1-3H3. The van der Waals surface area contributed by atoms with Crippen molar-refractivity contribution in [2.75, 3.05) is 26.7 Å². The zero-order valence-corrected chi connectivity index (χ0v) is 11.6. The molecule has 2 unspecified atom stereocenters. The molecule has 1 heterocycles. The summed E-state index contributed by atoms with van der Waals surface area (Å²) in [4.78, 5) is 2.54. The van der Waals surface area contributed by atoms with Crippen LogP contribution >= 0.6 is 0 Å². The minimum Gasteiger partial charge on any atom is -0.393 e. The second-order valence-electron chi connectivity index (χ2n) is 6.59. The summed E-state index contributed by atoms with van der Waals surface area (Å²) in [6.45, 7) is 8.13. The second kappa shape index (κ2) is 5.25. The monoisotopic (exact) mass is 240 g/mol. The first-order chi connectivity index (χ1) is 8.03. The maximum atomic E-state index is 9.53. The van der Waals surface area contributed by atoms with Crippen LogP contribution in [-0.2, 0) is 0 Å². The van der Waals surface area contributed by atoms with Gasteiger partial charge in [-0.05, 0) is 44.1 Å². The van der Waals surface area contributed by atoms with Crippen molar-refractivity contribution in [3.63, 3.8) is 0 Å². The Hall–Kier alpha value is -0.120. The van der Waals surface area contributed by atoms with E-state index in [1.165, 1.54) is 19.4 Å². The van der Waals surface area contributed by atoms with Gasteiger partial charge in [-0.3, -0.25) is 0 Å². The van der Waals surface area contributed by atoms with Gasteiger partial charge in [-0.1, -0.05) is 13.8 Å². The third-order valence-electron chi connectivity index (χ3n) is 4.83. The molecule has 0 aromatic rings. The van der Waals surface area contributed by atoms with E-state index in [0.717, 1.165) is 31.8 Å². The van der Waals surface area contributed by atoms with Gasteiger partial charge in [0, 0.05) is 25.7 Å². The van der Waals surface area contributed by atoms with Gasteiger partial charge < -0.3 is 15.3 Å². The smallest absolute Gasteiger partial charge is 0.0564 e. The predicted octanol–water partition coefficient (Wildman–Crippen LogP) is 1.47. The van der Waals surface area contributed by atoms with Gasteiger partial charge in [-0.15, -0.1) is 0 Å². The van der Waals surface area contributed by atoms with Crippen molar-refractivity contribution >= 4 is 0 Å². The quantitative estimate of drug-likeness (QED) is 0.784. The average Bonchev–Trinajstić information content (AvgIpc) is 2.57. The molecule has 1 aliphatic carbocycles. The highest BCUT2D eigenvalue weighted by atomic mass is 16.3. The van der Waals surface area contributed by atoms with Crippen LogP contribution in [0, 0.1) is 11.3 Å². The molecular weight excluding hydrogens is 212 g/mol. The molecule has 0 amide bonds. The Labute approximate surface area is 106 Å². The van der Waals surface area contributed by atoms with Gasteiger partial charge in [0.25, 0.3) is 0 Å². The summed E-state index contributed by atoms with van der Waals surface area (Å²) in [6.07, 6.45) is 4.55. The van der Waals surface area contributed by atoms with Crippen molar-refractivity contribution in [3.8, 4) is 0 Å². The van der Waals surface area contributed by atoms with Gasteiger partial charge >= 0.3 is 0 Å². The summed E-state index contributed by atoms with van der Waals surface area (Å²) in [6, 6.07) is 0.648. The molecule has 2 aliphatic rings. The van der Waals surface area contributed by atoms with Crippen molar-refractivity contribution < 1.29 is 5.11 Å². The van der Waals surface area contributed by atoms with Crippen LogP contribution in [0.25, 0.3) is 0 Å². The van der Waals surface area contributed by atoms with E-state index in [1.54, 1.807) is 0 Å². The fourth-order valence-electron chi connectivity index (χ4n) is 3.77. The Morgan fingerprint density at radius 2 is 1.88 bits per heavy atom. The Kier molecular flexibility index (Phi) is 4.11. The van der Waals surface area contributed by atoms with Crippen LogP contribution in [0.15, 0.2) is 0 Å². The van der Waals surface area contributed by atoms with Crippen LogP contribution < -0.4 is 5.32 Å². The minimum atomic E-state index is -0.0497. The van der Waals surface area contributed by atoms with E-state index in [0.29, 0.717) is 11.5 Å². The highest BCUT2D eigenvalue weighted by Gasteiger charge is 2.41. The molecule has 3 heteroatoms. The summed E-state index contributed by atoms with van der Waals surface area (Å²) in [7, 11) is 2.10. The number of piperidine rings is 1. The topological polar surface area (TPSA) is 35.5 Å². The first-order valence-corrected chi connectivity index (χ1v) is 7.10. The number of aliphatic hydroxyl groups excluding tert-OH is 1. The van der Waals surface area contributed by atoms with Crippen LogP contribution in [0.3, 0.4) is 0 Å². The third kappa shape index (κ3) is 3.01. The molecule has 0 radical (unpaired) electrons. The normalized spacial score (nSPS) is 35.3. The van der Waals surface area contributed by atoms with Crippen molar-refractivity contribution in [1.29, 1.82) is 0 Å². The number of nitrogens with zero attached hydrogens (tertiary/aromatic N) is 1. The first kappa shape index (κ1) is 13.3. The van der Waals surface area contributed by atoms with E-state index in [1.807, 2.05) is 0 Å². The van der Waals surface area contributed by atoms with Crippen LogP contribution in [0.4, 0.5) is 0 Å². The van der Waals surface area contributed by atoms with Crippen LogP contribution in [0.5, 0.6) is 0 Å². The van der Waals surface area contributed by atoms with E-state index >= 15 is 0 Å². The minimum absolute atomic E-state index is 0.0497. The Bertz CT molecular complexity index is 247. The van der Waals surface area contributed by atoms with Crippen LogP contribution in [-0.4, -0.2) is 48.8 Å². The lowest BCUT2D eigenvalue weighted by atomic mass is 9.84. The highest BCUT2D eigenvalue weighted by molar-refractivity contribution is 4.96. The van der Waals surface area contributed by atoms with E-state index < -0.39 is 0 Å². The molecule has 0 bridgehead atoms. The molecule has 0 aromatic carbocycles. The molecule has 1 saturated heterocycles. The summed E-state index contributed by atoms with van der Waals surface area (Å²) in [5.74, 6) is 0.783. The summed E-state index contributed by atoms with van der Waals surface area (Å²) < 4.78 is 0. The first-order valence-electron chi connectivity index (χ1n) is 7.10. The zero-order valence-electron chi connectivity index (χ0n) is 11.6. The molecular formula is C14H28N2O. The number of nitrogens with one attached hydrogen (secondary N) is 1. The number of hydrogen-bond donors (Lipinski definition) is 2. The molecule has 1 saturated carbocycles. The van der Waals surface area contributed by atoms with Crippen molar-refractivity contribution in [3.05, 3.63) is 0 Å². The fourth-order valence-corrected chi connectivity index (χ4v) is 3.77. The molecule has 3 nitrogen and oxygen atoms in total. The molecule has 1 aliphatic heterocycles. The number of aliphatic hydroxyl groups is 1. The number of rotatable bonds is 3. The second-order valence-corrected chi connectivity index (χ2v) is 6.59. The average molecular weight is 240 g/mol. The molecule has 2 N–H and O–H groups in total. The number of likely N-dealkylation sites (tertiary alicyclic amines) is 1. The van der Waals surface area contributed by atoms with Crippen molar-refractivity contribution in [2.24, 2.45) is 11.3 Å². The van der Waals surface area contributed by atoms with Gasteiger partial charge in [0.2, 0.25) is 0 Å². The maximum Gasteiger partial charge on any atom is 0.0564 e. The van der Waals surface area contributed by atoms with Crippen molar-refractivity contribution in [2.45, 2.75) is 51.7 Å². The van der Waals surface area contributed by atoms with Gasteiger partial charge in [-0.25, -0.2) is 0 Å². The molecule has 2 fully saturated rings. The zero-order chi connectivity index (χ0) is 12.5. The van der Waals surface area contributed by atoms with Crippen LogP contribution in [0.2, 0.25) is 0 Å². The molecule has 100 valence electrons. The molecule has 2 atom stereocenters. The maximum absolute atomic E-state index is 9.53. The Balaban J connectivity index is 1.87. The lowest BCUT2D eigenvalue weighted by Gasteiger charge is -2.35. The fraction of sp³-hybridized carbons (Fsp3) is 1.00.